The molecule has 1 aliphatic carbocycles. The van der Waals surface area contributed by atoms with Gasteiger partial charge < -0.3 is 20.1 Å². The molecule has 0 radical (unpaired) electrons. The zero-order chi connectivity index (χ0) is 21.4. The van der Waals surface area contributed by atoms with Gasteiger partial charge in [-0.1, -0.05) is 24.3 Å². The van der Waals surface area contributed by atoms with Crippen molar-refractivity contribution in [1.29, 1.82) is 0 Å². The lowest BCUT2D eigenvalue weighted by Crippen LogP contribution is -2.35. The maximum atomic E-state index is 12.7. The average molecular weight is 415 g/mol. The third kappa shape index (κ3) is 3.92. The van der Waals surface area contributed by atoms with Crippen LogP contribution in [0, 0.1) is 0 Å². The van der Waals surface area contributed by atoms with Gasteiger partial charge in [0.25, 0.3) is 0 Å². The minimum absolute atomic E-state index is 0.0154. The summed E-state index contributed by atoms with van der Waals surface area (Å²) in [4.78, 5) is 23.0. The number of piperidine rings is 1. The highest BCUT2D eigenvalue weighted by Gasteiger charge is 2.21. The fourth-order valence-corrected chi connectivity index (χ4v) is 4.30. The highest BCUT2D eigenvalue weighted by molar-refractivity contribution is 6.24. The van der Waals surface area contributed by atoms with E-state index in [0.29, 0.717) is 17.8 Å². The zero-order valence-electron chi connectivity index (χ0n) is 17.2. The van der Waals surface area contributed by atoms with Crippen molar-refractivity contribution in [2.24, 2.45) is 0 Å². The monoisotopic (exact) mass is 415 g/mol. The normalized spacial score (nSPS) is 17.7. The van der Waals surface area contributed by atoms with Gasteiger partial charge in [-0.2, -0.15) is 0 Å². The molecule has 0 amide bonds. The quantitative estimate of drug-likeness (QED) is 0.607. The Hall–Kier alpha value is -3.22. The summed E-state index contributed by atoms with van der Waals surface area (Å²) < 4.78 is 0. The van der Waals surface area contributed by atoms with Crippen molar-refractivity contribution >= 4 is 33.7 Å². The molecule has 0 spiro atoms. The van der Waals surface area contributed by atoms with Crippen LogP contribution < -0.4 is 4.90 Å². The molecule has 1 aliphatic heterocycles. The molecule has 0 unspecified atom stereocenters. The van der Waals surface area contributed by atoms with Crippen molar-refractivity contribution in [1.82, 2.24) is 9.97 Å². The first-order valence-corrected chi connectivity index (χ1v) is 10.7. The van der Waals surface area contributed by atoms with Gasteiger partial charge in [0.15, 0.2) is 5.78 Å². The van der Waals surface area contributed by atoms with Gasteiger partial charge in [-0.15, -0.1) is 0 Å². The van der Waals surface area contributed by atoms with Gasteiger partial charge in [-0.25, -0.2) is 4.98 Å². The first-order chi connectivity index (χ1) is 15.1. The van der Waals surface area contributed by atoms with E-state index in [0.717, 1.165) is 59.4 Å². The molecule has 6 nitrogen and oxygen atoms in total. The number of fused-ring (bicyclic) bond motifs is 1. The van der Waals surface area contributed by atoms with Crippen molar-refractivity contribution in [2.45, 2.75) is 32.0 Å². The molecule has 3 N–H and O–H groups in total. The molecule has 2 aromatic carbocycles. The number of hydrogen-bond acceptors (Lipinski definition) is 5. The molecule has 0 atom stereocenters. The number of Topliss-reactive ketones (excluding diaryl/α,β-unsaturated/α-hetero) is 1. The van der Waals surface area contributed by atoms with Crippen LogP contribution in [-0.4, -0.2) is 45.2 Å². The highest BCUT2D eigenvalue weighted by Crippen LogP contribution is 2.30. The standard InChI is InChI=1S/C25H25N3O3/c29-15-16-2-1-3-17(12-16)18-4-7-24(31)21(13-18)25-26-22-6-5-19(14-23(22)27-25)28-10-8-20(30)9-11-28/h1-6,12-14,20,29-30H,7-11,15H2,(H,26,27). The van der Waals surface area contributed by atoms with Crippen LogP contribution in [0.4, 0.5) is 5.69 Å². The Labute approximate surface area is 180 Å². The van der Waals surface area contributed by atoms with Crippen molar-refractivity contribution in [2.75, 3.05) is 18.0 Å². The fraction of sp³-hybridized carbons (Fsp3) is 0.280. The highest BCUT2D eigenvalue weighted by atomic mass is 16.3. The predicted octanol–water partition coefficient (Wildman–Crippen LogP) is 3.46. The van der Waals surface area contributed by atoms with Crippen LogP contribution in [0.25, 0.3) is 22.2 Å². The number of nitrogens with zero attached hydrogens (tertiary/aromatic N) is 2. The van der Waals surface area contributed by atoms with Crippen LogP contribution in [-0.2, 0) is 11.4 Å². The molecule has 0 bridgehead atoms. The van der Waals surface area contributed by atoms with E-state index in [4.69, 9.17) is 0 Å². The van der Waals surface area contributed by atoms with Gasteiger partial charge in [0.2, 0.25) is 0 Å². The Morgan fingerprint density at radius 1 is 1.13 bits per heavy atom. The Balaban J connectivity index is 1.46. The van der Waals surface area contributed by atoms with Crippen LogP contribution in [0.1, 0.15) is 36.2 Å². The number of benzene rings is 2. The predicted molar refractivity (Wildman–Crippen MR) is 121 cm³/mol. The number of carbonyl (C=O) groups excluding carboxylic acids is 1. The second-order valence-corrected chi connectivity index (χ2v) is 8.21. The maximum absolute atomic E-state index is 12.7. The third-order valence-corrected chi connectivity index (χ3v) is 6.10. The number of aliphatic hydroxyl groups is 2. The Morgan fingerprint density at radius 3 is 2.77 bits per heavy atom. The summed E-state index contributed by atoms with van der Waals surface area (Å²) in [6.45, 7) is 1.65. The number of ketones is 1. The molecule has 0 saturated carbocycles. The van der Waals surface area contributed by atoms with E-state index in [1.54, 1.807) is 0 Å². The smallest absolute Gasteiger partial charge is 0.170 e. The molecule has 158 valence electrons. The number of rotatable bonds is 4. The van der Waals surface area contributed by atoms with Crippen molar-refractivity contribution in [3.8, 4) is 0 Å². The van der Waals surface area contributed by atoms with E-state index in [1.165, 1.54) is 0 Å². The Morgan fingerprint density at radius 2 is 1.97 bits per heavy atom. The molecule has 2 heterocycles. The van der Waals surface area contributed by atoms with E-state index in [-0.39, 0.29) is 18.5 Å². The minimum atomic E-state index is -0.205. The number of anilines is 1. The number of H-pyrrole nitrogens is 1. The lowest BCUT2D eigenvalue weighted by molar-refractivity contribution is -0.113. The lowest BCUT2D eigenvalue weighted by Gasteiger charge is -2.31. The summed E-state index contributed by atoms with van der Waals surface area (Å²) in [6, 6.07) is 13.8. The molecule has 1 fully saturated rings. The van der Waals surface area contributed by atoms with Gasteiger partial charge >= 0.3 is 0 Å². The number of imidazole rings is 1. The molecule has 6 heteroatoms. The molecular weight excluding hydrogens is 390 g/mol. The number of carbonyl (C=O) groups is 1. The van der Waals surface area contributed by atoms with E-state index in [9.17, 15) is 15.0 Å². The summed E-state index contributed by atoms with van der Waals surface area (Å²) in [7, 11) is 0. The summed E-state index contributed by atoms with van der Waals surface area (Å²) in [5.41, 5.74) is 6.16. The van der Waals surface area contributed by atoms with E-state index >= 15 is 0 Å². The first kappa shape index (κ1) is 19.7. The van der Waals surface area contributed by atoms with E-state index < -0.39 is 0 Å². The second-order valence-electron chi connectivity index (χ2n) is 8.21. The fourth-order valence-electron chi connectivity index (χ4n) is 4.30. The van der Waals surface area contributed by atoms with Gasteiger partial charge in [0, 0.05) is 25.2 Å². The molecule has 1 saturated heterocycles. The van der Waals surface area contributed by atoms with Gasteiger partial charge in [-0.3, -0.25) is 4.79 Å². The van der Waals surface area contributed by atoms with Crippen LogP contribution in [0.2, 0.25) is 0 Å². The van der Waals surface area contributed by atoms with Gasteiger partial charge in [0.05, 0.1) is 29.3 Å². The van der Waals surface area contributed by atoms with Crippen LogP contribution in [0.15, 0.2) is 54.6 Å². The average Bonchev–Trinajstić information content (AvgIpc) is 3.23. The molecular formula is C25H25N3O3. The molecule has 5 rings (SSSR count). The minimum Gasteiger partial charge on any atom is -0.393 e. The van der Waals surface area contributed by atoms with E-state index in [1.807, 2.05) is 48.6 Å². The number of aromatic amines is 1. The summed E-state index contributed by atoms with van der Waals surface area (Å²) in [5, 5.41) is 19.2. The Kier molecular flexibility index (Phi) is 5.18. The molecule has 2 aliphatic rings. The summed E-state index contributed by atoms with van der Waals surface area (Å²) in [6.07, 6.45) is 5.48. The lowest BCUT2D eigenvalue weighted by atomic mass is 9.92. The van der Waals surface area contributed by atoms with Crippen molar-refractivity contribution in [3.05, 3.63) is 71.6 Å². The number of hydrogen-bond donors (Lipinski definition) is 3. The largest absolute Gasteiger partial charge is 0.393 e. The maximum Gasteiger partial charge on any atom is 0.170 e. The second kappa shape index (κ2) is 8.13. The molecule has 3 aromatic rings. The SMILES string of the molecule is O=C1CC=C(c2cccc(CO)c2)C=C1c1nc2ccc(N3CCC(O)CC3)cc2[nH]1. The number of aliphatic hydroxyl groups excluding tert-OH is 2. The molecule has 1 aromatic heterocycles. The van der Waals surface area contributed by atoms with Crippen LogP contribution in [0.5, 0.6) is 0 Å². The van der Waals surface area contributed by atoms with E-state index in [2.05, 4.69) is 20.9 Å². The molecule has 31 heavy (non-hydrogen) atoms. The third-order valence-electron chi connectivity index (χ3n) is 6.10. The zero-order valence-corrected chi connectivity index (χ0v) is 17.2. The van der Waals surface area contributed by atoms with Crippen LogP contribution >= 0.6 is 0 Å². The van der Waals surface area contributed by atoms with Crippen molar-refractivity contribution in [3.63, 3.8) is 0 Å². The number of allylic oxidation sites excluding steroid dienone is 4. The first-order valence-electron chi connectivity index (χ1n) is 10.7. The van der Waals surface area contributed by atoms with Crippen LogP contribution in [0.3, 0.4) is 0 Å². The number of nitrogens with one attached hydrogen (secondary N) is 1. The van der Waals surface area contributed by atoms with Crippen molar-refractivity contribution < 1.29 is 15.0 Å². The summed E-state index contributed by atoms with van der Waals surface area (Å²) in [5.74, 6) is 0.612. The van der Waals surface area contributed by atoms with Gasteiger partial charge in [-0.05, 0) is 59.9 Å². The van der Waals surface area contributed by atoms with Gasteiger partial charge in [0.1, 0.15) is 5.82 Å². The summed E-state index contributed by atoms with van der Waals surface area (Å²) >= 11 is 0. The topological polar surface area (TPSA) is 89.4 Å². The Bertz CT molecular complexity index is 1200. The number of aromatic nitrogens is 2.